The third kappa shape index (κ3) is 6.58. The van der Waals surface area contributed by atoms with Gasteiger partial charge in [0.25, 0.3) is 0 Å². The number of halogens is 2. The van der Waals surface area contributed by atoms with Crippen LogP contribution in [0.3, 0.4) is 0 Å². The number of tetrazole rings is 1. The van der Waals surface area contributed by atoms with Crippen molar-refractivity contribution in [2.75, 3.05) is 25.0 Å². The minimum absolute atomic E-state index is 0.0445. The standard InChI is InChI=1S/C23H25ClFN7O2/c24-20-11-18(7-8-19(20)23-28-30-31-29-23)27-22(34)14-32-9-1-2-16(13-32)10-21(33)26-12-15-3-5-17(25)6-4-15/h3-8,11,16H,1-2,9-10,12-14H2,(H,26,33)(H,27,34)(H,28,29,30,31). The molecule has 34 heavy (non-hydrogen) atoms. The van der Waals surface area contributed by atoms with Crippen LogP contribution in [0, 0.1) is 11.7 Å². The molecule has 0 radical (unpaired) electrons. The highest BCUT2D eigenvalue weighted by Crippen LogP contribution is 2.27. The maximum absolute atomic E-state index is 13.0. The van der Waals surface area contributed by atoms with Crippen LogP contribution in [0.4, 0.5) is 10.1 Å². The highest BCUT2D eigenvalue weighted by molar-refractivity contribution is 6.33. The lowest BCUT2D eigenvalue weighted by atomic mass is 9.94. The summed E-state index contributed by atoms with van der Waals surface area (Å²) in [6, 6.07) is 11.2. The highest BCUT2D eigenvalue weighted by Gasteiger charge is 2.23. The van der Waals surface area contributed by atoms with Crippen LogP contribution in [0.25, 0.3) is 11.4 Å². The largest absolute Gasteiger partial charge is 0.352 e. The number of nitrogens with zero attached hydrogens (tertiary/aromatic N) is 4. The number of H-pyrrole nitrogens is 1. The fourth-order valence-corrected chi connectivity index (χ4v) is 4.32. The minimum atomic E-state index is -0.301. The van der Waals surface area contributed by atoms with Crippen molar-refractivity contribution in [1.82, 2.24) is 30.8 Å². The lowest BCUT2D eigenvalue weighted by molar-refractivity contribution is -0.122. The zero-order valence-corrected chi connectivity index (χ0v) is 19.2. The van der Waals surface area contributed by atoms with Crippen molar-refractivity contribution in [2.45, 2.75) is 25.8 Å². The van der Waals surface area contributed by atoms with Gasteiger partial charge in [0.15, 0.2) is 0 Å². The van der Waals surface area contributed by atoms with E-state index in [1.54, 1.807) is 30.3 Å². The number of anilines is 1. The second-order valence-corrected chi connectivity index (χ2v) is 8.74. The average Bonchev–Trinajstić information content (AvgIpc) is 3.33. The molecule has 1 aliphatic rings. The summed E-state index contributed by atoms with van der Waals surface area (Å²) in [6.45, 7) is 2.08. The number of piperidine rings is 1. The molecule has 0 bridgehead atoms. The SMILES string of the molecule is O=C(CC1CCCN(CC(=O)Nc2ccc(-c3nn[nH]n3)c(Cl)c2)C1)NCc1ccc(F)cc1. The Balaban J connectivity index is 1.23. The Morgan fingerprint density at radius 1 is 1.18 bits per heavy atom. The molecule has 2 aromatic carbocycles. The van der Waals surface area contributed by atoms with Crippen LogP contribution < -0.4 is 10.6 Å². The van der Waals surface area contributed by atoms with E-state index in [9.17, 15) is 14.0 Å². The number of carbonyl (C=O) groups is 2. The molecule has 0 saturated carbocycles. The van der Waals surface area contributed by atoms with Gasteiger partial charge in [0, 0.05) is 30.8 Å². The van der Waals surface area contributed by atoms with Gasteiger partial charge in [-0.05, 0) is 66.4 Å². The monoisotopic (exact) mass is 485 g/mol. The second kappa shape index (κ2) is 11.2. The second-order valence-electron chi connectivity index (χ2n) is 8.33. The first kappa shape index (κ1) is 23.8. The third-order valence-corrected chi connectivity index (χ3v) is 6.00. The van der Waals surface area contributed by atoms with Gasteiger partial charge >= 0.3 is 0 Å². The van der Waals surface area contributed by atoms with Crippen LogP contribution in [-0.2, 0) is 16.1 Å². The molecular weight excluding hydrogens is 461 g/mol. The Hall–Kier alpha value is -3.37. The Kier molecular flexibility index (Phi) is 7.81. The predicted molar refractivity (Wildman–Crippen MR) is 125 cm³/mol. The summed E-state index contributed by atoms with van der Waals surface area (Å²) in [5, 5.41) is 19.9. The molecule has 1 fully saturated rings. The van der Waals surface area contributed by atoms with Crippen molar-refractivity contribution in [3.05, 3.63) is 58.9 Å². The number of aromatic nitrogens is 4. The lowest BCUT2D eigenvalue weighted by Crippen LogP contribution is -2.41. The zero-order valence-electron chi connectivity index (χ0n) is 18.4. The summed E-state index contributed by atoms with van der Waals surface area (Å²) in [7, 11) is 0. The topological polar surface area (TPSA) is 116 Å². The first-order valence-electron chi connectivity index (χ1n) is 11.0. The molecule has 2 heterocycles. The summed E-state index contributed by atoms with van der Waals surface area (Å²) in [6.07, 6.45) is 2.26. The molecule has 1 aromatic heterocycles. The summed E-state index contributed by atoms with van der Waals surface area (Å²) < 4.78 is 13.0. The van der Waals surface area contributed by atoms with Crippen molar-refractivity contribution >= 4 is 29.1 Å². The van der Waals surface area contributed by atoms with Crippen molar-refractivity contribution in [3.8, 4) is 11.4 Å². The van der Waals surface area contributed by atoms with Crippen LogP contribution >= 0.6 is 11.6 Å². The lowest BCUT2D eigenvalue weighted by Gasteiger charge is -2.32. The van der Waals surface area contributed by atoms with Gasteiger partial charge in [-0.2, -0.15) is 5.21 Å². The first-order valence-corrected chi connectivity index (χ1v) is 11.4. The molecule has 3 aromatic rings. The van der Waals surface area contributed by atoms with E-state index in [2.05, 4.69) is 36.2 Å². The number of rotatable bonds is 8. The van der Waals surface area contributed by atoms with E-state index in [1.807, 2.05) is 0 Å². The number of hydrogen-bond donors (Lipinski definition) is 3. The summed E-state index contributed by atoms with van der Waals surface area (Å²) in [5.74, 6) is 0.0644. The van der Waals surface area contributed by atoms with E-state index in [1.165, 1.54) is 12.1 Å². The molecule has 9 nitrogen and oxygen atoms in total. The van der Waals surface area contributed by atoms with Crippen LogP contribution in [0.1, 0.15) is 24.8 Å². The smallest absolute Gasteiger partial charge is 0.238 e. The molecule has 2 amide bonds. The predicted octanol–water partition coefficient (Wildman–Crippen LogP) is 3.02. The fraction of sp³-hybridized carbons (Fsp3) is 0.348. The van der Waals surface area contributed by atoms with Gasteiger partial charge in [-0.3, -0.25) is 14.5 Å². The number of hydrogen-bond acceptors (Lipinski definition) is 6. The Morgan fingerprint density at radius 2 is 2.00 bits per heavy atom. The van der Waals surface area contributed by atoms with E-state index in [0.29, 0.717) is 41.6 Å². The summed E-state index contributed by atoms with van der Waals surface area (Å²) in [4.78, 5) is 27.0. The molecule has 4 rings (SSSR count). The number of amides is 2. The highest BCUT2D eigenvalue weighted by atomic mass is 35.5. The van der Waals surface area contributed by atoms with Gasteiger partial charge in [-0.1, -0.05) is 23.7 Å². The maximum atomic E-state index is 13.0. The van der Waals surface area contributed by atoms with E-state index in [0.717, 1.165) is 24.9 Å². The number of benzene rings is 2. The Bertz CT molecular complexity index is 1120. The molecule has 1 unspecified atom stereocenters. The zero-order chi connectivity index (χ0) is 23.9. The Labute approximate surface area is 201 Å². The first-order chi connectivity index (χ1) is 16.5. The van der Waals surface area contributed by atoms with Crippen molar-refractivity contribution in [3.63, 3.8) is 0 Å². The normalized spacial score (nSPS) is 16.2. The van der Waals surface area contributed by atoms with E-state index in [-0.39, 0.29) is 30.1 Å². The van der Waals surface area contributed by atoms with Gasteiger partial charge in [-0.15, -0.1) is 10.2 Å². The Morgan fingerprint density at radius 3 is 2.74 bits per heavy atom. The molecule has 11 heteroatoms. The quantitative estimate of drug-likeness (QED) is 0.451. The van der Waals surface area contributed by atoms with Gasteiger partial charge in [0.1, 0.15) is 5.82 Å². The molecule has 0 aliphatic carbocycles. The average molecular weight is 486 g/mol. The van der Waals surface area contributed by atoms with Crippen LogP contribution in [0.5, 0.6) is 0 Å². The molecule has 1 aliphatic heterocycles. The van der Waals surface area contributed by atoms with E-state index in [4.69, 9.17) is 11.6 Å². The molecule has 178 valence electrons. The summed E-state index contributed by atoms with van der Waals surface area (Å²) in [5.41, 5.74) is 2.04. The maximum Gasteiger partial charge on any atom is 0.238 e. The molecule has 0 spiro atoms. The van der Waals surface area contributed by atoms with Crippen LogP contribution in [-0.4, -0.2) is 57.0 Å². The third-order valence-electron chi connectivity index (χ3n) is 5.69. The van der Waals surface area contributed by atoms with Crippen LogP contribution in [0.15, 0.2) is 42.5 Å². The number of nitrogens with one attached hydrogen (secondary N) is 3. The summed E-state index contributed by atoms with van der Waals surface area (Å²) >= 11 is 6.30. The fourth-order valence-electron chi connectivity index (χ4n) is 4.05. The van der Waals surface area contributed by atoms with Gasteiger partial charge in [0.2, 0.25) is 17.6 Å². The van der Waals surface area contributed by atoms with Crippen molar-refractivity contribution in [1.29, 1.82) is 0 Å². The molecule has 3 N–H and O–H groups in total. The molecule has 1 saturated heterocycles. The van der Waals surface area contributed by atoms with Gasteiger partial charge < -0.3 is 10.6 Å². The molecular formula is C23H25ClFN7O2. The number of aromatic amines is 1. The minimum Gasteiger partial charge on any atom is -0.352 e. The van der Waals surface area contributed by atoms with Crippen molar-refractivity contribution in [2.24, 2.45) is 5.92 Å². The molecule has 1 atom stereocenters. The van der Waals surface area contributed by atoms with Gasteiger partial charge in [-0.25, -0.2) is 4.39 Å². The van der Waals surface area contributed by atoms with Gasteiger partial charge in [0.05, 0.1) is 11.6 Å². The number of likely N-dealkylation sites (tertiary alicyclic amines) is 1. The van der Waals surface area contributed by atoms with E-state index < -0.39 is 0 Å². The van der Waals surface area contributed by atoms with Crippen LogP contribution in [0.2, 0.25) is 5.02 Å². The van der Waals surface area contributed by atoms with E-state index >= 15 is 0 Å². The number of carbonyl (C=O) groups excluding carboxylic acids is 2. The van der Waals surface area contributed by atoms with Crippen molar-refractivity contribution < 1.29 is 14.0 Å².